The van der Waals surface area contributed by atoms with E-state index in [1.807, 2.05) is 0 Å². The van der Waals surface area contributed by atoms with E-state index in [2.05, 4.69) is 30.9 Å². The summed E-state index contributed by atoms with van der Waals surface area (Å²) in [5.41, 5.74) is 0.203. The smallest absolute Gasteiger partial charge is 0.0691 e. The van der Waals surface area contributed by atoms with Gasteiger partial charge in [-0.05, 0) is 33.7 Å². The summed E-state index contributed by atoms with van der Waals surface area (Å²) < 4.78 is 0. The zero-order chi connectivity index (χ0) is 8.04. The van der Waals surface area contributed by atoms with E-state index >= 15 is 0 Å². The fraction of sp³-hybridized carbons (Fsp3) is 1.00. The number of rotatable bonds is 4. The molecule has 0 aliphatic heterocycles. The van der Waals surface area contributed by atoms with Gasteiger partial charge in [0, 0.05) is 5.54 Å². The molecule has 3 heteroatoms. The number of hydrogen-bond donors (Lipinski definition) is 2. The highest BCUT2D eigenvalue weighted by atomic mass is 16.6. The molecule has 0 spiro atoms. The molecule has 0 aliphatic rings. The van der Waals surface area contributed by atoms with E-state index in [0.29, 0.717) is 6.61 Å². The lowest BCUT2D eigenvalue weighted by atomic mass is 10.1. The predicted octanol–water partition coefficient (Wildman–Crippen LogP) is 0.655. The van der Waals surface area contributed by atoms with E-state index < -0.39 is 0 Å². The van der Waals surface area contributed by atoms with Crippen LogP contribution >= 0.6 is 0 Å². The maximum atomic E-state index is 4.85. The lowest BCUT2D eigenvalue weighted by molar-refractivity contribution is 0.133. The standard InChI is InChI=1S/C7H18N2O/c1-7(2,3)9-5-4-6-10-8/h9H,4-6,8H2,1-3H3. The van der Waals surface area contributed by atoms with Crippen LogP contribution in [0.15, 0.2) is 0 Å². The van der Waals surface area contributed by atoms with Gasteiger partial charge in [0.2, 0.25) is 0 Å². The topological polar surface area (TPSA) is 47.3 Å². The molecule has 0 unspecified atom stereocenters. The summed E-state index contributed by atoms with van der Waals surface area (Å²) in [6.07, 6.45) is 0.966. The van der Waals surface area contributed by atoms with Crippen molar-refractivity contribution in [1.82, 2.24) is 5.32 Å². The van der Waals surface area contributed by atoms with Gasteiger partial charge in [0.25, 0.3) is 0 Å². The average Bonchev–Trinajstić information content (AvgIpc) is 1.78. The third-order valence-corrected chi connectivity index (χ3v) is 1.09. The Morgan fingerprint density at radius 1 is 1.40 bits per heavy atom. The molecule has 0 aromatic carbocycles. The minimum absolute atomic E-state index is 0.203. The summed E-state index contributed by atoms with van der Waals surface area (Å²) in [6, 6.07) is 0. The van der Waals surface area contributed by atoms with Crippen LogP contribution in [0.5, 0.6) is 0 Å². The zero-order valence-corrected chi connectivity index (χ0v) is 7.11. The van der Waals surface area contributed by atoms with Crippen LogP contribution in [0.3, 0.4) is 0 Å². The summed E-state index contributed by atoms with van der Waals surface area (Å²) >= 11 is 0. The monoisotopic (exact) mass is 146 g/mol. The molecule has 0 aromatic rings. The lowest BCUT2D eigenvalue weighted by Crippen LogP contribution is -2.36. The van der Waals surface area contributed by atoms with Gasteiger partial charge in [-0.25, -0.2) is 5.90 Å². The molecule has 0 fully saturated rings. The van der Waals surface area contributed by atoms with Crippen LogP contribution in [-0.2, 0) is 4.84 Å². The minimum Gasteiger partial charge on any atom is -0.312 e. The van der Waals surface area contributed by atoms with Crippen molar-refractivity contribution in [3.63, 3.8) is 0 Å². The van der Waals surface area contributed by atoms with Gasteiger partial charge in [-0.15, -0.1) is 0 Å². The van der Waals surface area contributed by atoms with Crippen molar-refractivity contribution in [3.05, 3.63) is 0 Å². The summed E-state index contributed by atoms with van der Waals surface area (Å²) in [4.78, 5) is 4.42. The molecule has 0 radical (unpaired) electrons. The Balaban J connectivity index is 3.04. The number of nitrogens with two attached hydrogens (primary N) is 1. The molecule has 0 saturated carbocycles. The average molecular weight is 146 g/mol. The van der Waals surface area contributed by atoms with Crippen molar-refractivity contribution in [2.75, 3.05) is 13.2 Å². The van der Waals surface area contributed by atoms with Gasteiger partial charge < -0.3 is 10.2 Å². The third-order valence-electron chi connectivity index (χ3n) is 1.09. The van der Waals surface area contributed by atoms with Crippen LogP contribution in [0.4, 0.5) is 0 Å². The van der Waals surface area contributed by atoms with Crippen molar-refractivity contribution in [2.45, 2.75) is 32.7 Å². The Bertz CT molecular complexity index is 78.2. The lowest BCUT2D eigenvalue weighted by Gasteiger charge is -2.19. The molecule has 62 valence electrons. The normalized spacial score (nSPS) is 12.0. The highest BCUT2D eigenvalue weighted by Crippen LogP contribution is 1.97. The van der Waals surface area contributed by atoms with E-state index in [1.54, 1.807) is 0 Å². The van der Waals surface area contributed by atoms with Gasteiger partial charge in [0.05, 0.1) is 6.61 Å². The van der Waals surface area contributed by atoms with E-state index in [4.69, 9.17) is 5.90 Å². The predicted molar refractivity (Wildman–Crippen MR) is 42.5 cm³/mol. The molecule has 0 rings (SSSR count). The Morgan fingerprint density at radius 2 is 2.00 bits per heavy atom. The fourth-order valence-electron chi connectivity index (χ4n) is 0.619. The maximum absolute atomic E-state index is 4.85. The molecule has 10 heavy (non-hydrogen) atoms. The summed E-state index contributed by atoms with van der Waals surface area (Å²) in [7, 11) is 0. The minimum atomic E-state index is 0.203. The third kappa shape index (κ3) is 7.88. The van der Waals surface area contributed by atoms with Crippen LogP contribution in [0, 0.1) is 0 Å². The SMILES string of the molecule is CC(C)(C)NCCCON. The molecule has 0 aromatic heterocycles. The van der Waals surface area contributed by atoms with Crippen molar-refractivity contribution in [1.29, 1.82) is 0 Å². The van der Waals surface area contributed by atoms with Crippen LogP contribution in [0.1, 0.15) is 27.2 Å². The van der Waals surface area contributed by atoms with Crippen molar-refractivity contribution < 1.29 is 4.84 Å². The second kappa shape index (κ2) is 4.66. The van der Waals surface area contributed by atoms with Crippen LogP contribution in [0.25, 0.3) is 0 Å². The first-order chi connectivity index (χ1) is 4.56. The maximum Gasteiger partial charge on any atom is 0.0691 e. The molecule has 3 N–H and O–H groups in total. The molecule has 0 bridgehead atoms. The summed E-state index contributed by atoms with van der Waals surface area (Å²) in [5, 5.41) is 3.32. The Kier molecular flexibility index (Phi) is 4.60. The zero-order valence-electron chi connectivity index (χ0n) is 7.11. The molecule has 0 amide bonds. The quantitative estimate of drug-likeness (QED) is 0.452. The van der Waals surface area contributed by atoms with E-state index in [-0.39, 0.29) is 5.54 Å². The number of nitrogens with one attached hydrogen (secondary N) is 1. The highest BCUT2D eigenvalue weighted by molar-refractivity contribution is 4.69. The van der Waals surface area contributed by atoms with Gasteiger partial charge in [0.1, 0.15) is 0 Å². The highest BCUT2D eigenvalue weighted by Gasteiger charge is 2.06. The second-order valence-electron chi connectivity index (χ2n) is 3.40. The van der Waals surface area contributed by atoms with Gasteiger partial charge >= 0.3 is 0 Å². The summed E-state index contributed by atoms with van der Waals surface area (Å²) in [6.45, 7) is 7.99. The van der Waals surface area contributed by atoms with Gasteiger partial charge in [-0.3, -0.25) is 0 Å². The van der Waals surface area contributed by atoms with Crippen molar-refractivity contribution >= 4 is 0 Å². The Hall–Kier alpha value is -0.120. The second-order valence-corrected chi connectivity index (χ2v) is 3.40. The number of hydrogen-bond acceptors (Lipinski definition) is 3. The van der Waals surface area contributed by atoms with Crippen LogP contribution < -0.4 is 11.2 Å². The van der Waals surface area contributed by atoms with Crippen LogP contribution in [0.2, 0.25) is 0 Å². The van der Waals surface area contributed by atoms with E-state index in [0.717, 1.165) is 13.0 Å². The molecule has 0 aliphatic carbocycles. The summed E-state index contributed by atoms with van der Waals surface area (Å²) in [5.74, 6) is 4.85. The fourth-order valence-corrected chi connectivity index (χ4v) is 0.619. The molecule has 0 atom stereocenters. The van der Waals surface area contributed by atoms with Gasteiger partial charge in [0.15, 0.2) is 0 Å². The first kappa shape index (κ1) is 9.88. The molecular weight excluding hydrogens is 128 g/mol. The van der Waals surface area contributed by atoms with E-state index in [1.165, 1.54) is 0 Å². The molecule has 0 saturated heterocycles. The van der Waals surface area contributed by atoms with Gasteiger partial charge in [-0.1, -0.05) is 0 Å². The van der Waals surface area contributed by atoms with Crippen LogP contribution in [-0.4, -0.2) is 18.7 Å². The van der Waals surface area contributed by atoms with E-state index in [9.17, 15) is 0 Å². The van der Waals surface area contributed by atoms with Crippen molar-refractivity contribution in [3.8, 4) is 0 Å². The largest absolute Gasteiger partial charge is 0.312 e. The molecular formula is C7H18N2O. The van der Waals surface area contributed by atoms with Crippen molar-refractivity contribution in [2.24, 2.45) is 5.90 Å². The Labute approximate surface area is 62.9 Å². The first-order valence-corrected chi connectivity index (χ1v) is 3.63. The molecule has 0 heterocycles. The molecule has 3 nitrogen and oxygen atoms in total. The Morgan fingerprint density at radius 3 is 2.40 bits per heavy atom. The van der Waals surface area contributed by atoms with Gasteiger partial charge in [-0.2, -0.15) is 0 Å². The first-order valence-electron chi connectivity index (χ1n) is 3.63.